The molecule has 3 aromatic carbocycles. The van der Waals surface area contributed by atoms with Crippen LogP contribution in [-0.4, -0.2) is 17.0 Å². The van der Waals surface area contributed by atoms with E-state index in [9.17, 15) is 14.9 Å². The van der Waals surface area contributed by atoms with E-state index in [1.165, 1.54) is 17.8 Å². The van der Waals surface area contributed by atoms with Crippen molar-refractivity contribution in [1.82, 2.24) is 5.43 Å². The summed E-state index contributed by atoms with van der Waals surface area (Å²) in [7, 11) is 0. The van der Waals surface area contributed by atoms with Gasteiger partial charge >= 0.3 is 0 Å². The van der Waals surface area contributed by atoms with E-state index < -0.39 is 10.8 Å². The molecule has 1 amide bonds. The molecule has 3 aromatic rings. The normalized spacial score (nSPS) is 10.8. The van der Waals surface area contributed by atoms with Crippen molar-refractivity contribution in [3.63, 3.8) is 0 Å². The zero-order valence-corrected chi connectivity index (χ0v) is 18.9. The Labute approximate surface area is 193 Å². The Balaban J connectivity index is 1.56. The number of hydrazone groups is 1. The van der Waals surface area contributed by atoms with Crippen molar-refractivity contribution in [2.24, 2.45) is 5.10 Å². The fourth-order valence-electron chi connectivity index (χ4n) is 2.91. The van der Waals surface area contributed by atoms with E-state index in [1.54, 1.807) is 18.2 Å². The number of nitro benzene ring substituents is 1. The molecule has 0 aliphatic carbocycles. The number of ether oxygens (including phenoxy) is 1. The number of amides is 1. The highest BCUT2D eigenvalue weighted by Gasteiger charge is 2.15. The summed E-state index contributed by atoms with van der Waals surface area (Å²) in [6, 6.07) is 19.9. The largest absolute Gasteiger partial charge is 0.488 e. The van der Waals surface area contributed by atoms with Crippen LogP contribution in [0, 0.1) is 20.6 Å². The Morgan fingerprint density at radius 3 is 2.71 bits per heavy atom. The standard InChI is InChI=1S/C23H20IN3O4/c1-16-5-4-6-18(11-16)15-31-22-10-9-17(12-20(22)24)14-25-26-23(28)13-19-7-2-3-8-21(19)27(29)30/h2-12,14H,13,15H2,1H3,(H,26,28)/b25-14+. The first-order valence-electron chi connectivity index (χ1n) is 9.44. The summed E-state index contributed by atoms with van der Waals surface area (Å²) in [6.07, 6.45) is 1.39. The number of para-hydroxylation sites is 1. The Kier molecular flexibility index (Phi) is 7.71. The molecule has 158 valence electrons. The molecule has 7 nitrogen and oxygen atoms in total. The number of nitrogens with one attached hydrogen (secondary N) is 1. The molecule has 0 unspecified atom stereocenters. The summed E-state index contributed by atoms with van der Waals surface area (Å²) >= 11 is 2.19. The van der Waals surface area contributed by atoms with Crippen LogP contribution in [0.3, 0.4) is 0 Å². The smallest absolute Gasteiger partial charge is 0.273 e. The third kappa shape index (κ3) is 6.61. The van der Waals surface area contributed by atoms with Gasteiger partial charge in [0.05, 0.1) is 21.1 Å². The molecule has 0 spiro atoms. The number of nitro groups is 1. The van der Waals surface area contributed by atoms with E-state index in [0.717, 1.165) is 20.4 Å². The summed E-state index contributed by atoms with van der Waals surface area (Å²) in [5, 5.41) is 15.0. The fourth-order valence-corrected chi connectivity index (χ4v) is 3.60. The van der Waals surface area contributed by atoms with Crippen molar-refractivity contribution in [2.75, 3.05) is 0 Å². The van der Waals surface area contributed by atoms with Crippen molar-refractivity contribution in [2.45, 2.75) is 20.0 Å². The minimum atomic E-state index is -0.504. The zero-order chi connectivity index (χ0) is 22.2. The van der Waals surface area contributed by atoms with Crippen molar-refractivity contribution < 1.29 is 14.5 Å². The van der Waals surface area contributed by atoms with Crippen LogP contribution in [0.2, 0.25) is 0 Å². The van der Waals surface area contributed by atoms with Crippen molar-refractivity contribution in [3.05, 3.63) is 103 Å². The van der Waals surface area contributed by atoms with Crippen LogP contribution in [-0.2, 0) is 17.8 Å². The topological polar surface area (TPSA) is 93.8 Å². The van der Waals surface area contributed by atoms with Crippen LogP contribution in [0.15, 0.2) is 71.8 Å². The van der Waals surface area contributed by atoms with Gasteiger partial charge in [0, 0.05) is 11.6 Å². The summed E-state index contributed by atoms with van der Waals surface area (Å²) in [5.74, 6) is 0.332. The lowest BCUT2D eigenvalue weighted by Gasteiger charge is -2.09. The molecular formula is C23H20IN3O4. The molecule has 0 aromatic heterocycles. The monoisotopic (exact) mass is 529 g/mol. The maximum Gasteiger partial charge on any atom is 0.273 e. The number of rotatable bonds is 8. The van der Waals surface area contributed by atoms with E-state index in [2.05, 4.69) is 39.2 Å². The second-order valence-electron chi connectivity index (χ2n) is 6.82. The fraction of sp³-hybridized carbons (Fsp3) is 0.130. The van der Waals surface area contributed by atoms with Crippen LogP contribution < -0.4 is 10.2 Å². The first kappa shape index (κ1) is 22.4. The van der Waals surface area contributed by atoms with E-state index in [1.807, 2.05) is 43.3 Å². The van der Waals surface area contributed by atoms with E-state index in [-0.39, 0.29) is 12.1 Å². The predicted molar refractivity (Wildman–Crippen MR) is 127 cm³/mol. The van der Waals surface area contributed by atoms with Crippen LogP contribution in [0.1, 0.15) is 22.3 Å². The summed E-state index contributed by atoms with van der Waals surface area (Å²) in [5.41, 5.74) is 5.73. The zero-order valence-electron chi connectivity index (χ0n) is 16.7. The third-order valence-corrected chi connectivity index (χ3v) is 5.22. The maximum absolute atomic E-state index is 12.1. The van der Waals surface area contributed by atoms with Crippen molar-refractivity contribution in [1.29, 1.82) is 0 Å². The van der Waals surface area contributed by atoms with Gasteiger partial charge < -0.3 is 4.74 Å². The lowest BCUT2D eigenvalue weighted by atomic mass is 10.1. The van der Waals surface area contributed by atoms with Crippen molar-refractivity contribution >= 4 is 40.4 Å². The van der Waals surface area contributed by atoms with E-state index in [4.69, 9.17) is 4.74 Å². The lowest BCUT2D eigenvalue weighted by molar-refractivity contribution is -0.385. The summed E-state index contributed by atoms with van der Waals surface area (Å²) < 4.78 is 6.81. The average Bonchev–Trinajstić information content (AvgIpc) is 2.73. The molecule has 0 aliphatic heterocycles. The maximum atomic E-state index is 12.1. The van der Waals surface area contributed by atoms with Gasteiger partial charge in [0.1, 0.15) is 12.4 Å². The molecule has 0 aliphatic rings. The van der Waals surface area contributed by atoms with Gasteiger partial charge in [-0.15, -0.1) is 0 Å². The second kappa shape index (κ2) is 10.7. The van der Waals surface area contributed by atoms with E-state index >= 15 is 0 Å². The quantitative estimate of drug-likeness (QED) is 0.197. The molecule has 0 bridgehead atoms. The first-order chi connectivity index (χ1) is 14.9. The van der Waals surface area contributed by atoms with Crippen LogP contribution >= 0.6 is 22.6 Å². The molecule has 0 heterocycles. The van der Waals surface area contributed by atoms with Gasteiger partial charge in [-0.1, -0.05) is 48.0 Å². The average molecular weight is 529 g/mol. The van der Waals surface area contributed by atoms with Gasteiger partial charge in [-0.05, 0) is 58.8 Å². The molecule has 3 rings (SSSR count). The van der Waals surface area contributed by atoms with Gasteiger partial charge in [0.15, 0.2) is 0 Å². The molecule has 31 heavy (non-hydrogen) atoms. The SMILES string of the molecule is Cc1cccc(COc2ccc(/C=N/NC(=O)Cc3ccccc3[N+](=O)[O-])cc2I)c1. The number of hydrogen-bond donors (Lipinski definition) is 1. The van der Waals surface area contributed by atoms with Crippen LogP contribution in [0.5, 0.6) is 5.75 Å². The van der Waals surface area contributed by atoms with Gasteiger partial charge in [-0.3, -0.25) is 14.9 Å². The number of carbonyl (C=O) groups is 1. The number of hydrogen-bond acceptors (Lipinski definition) is 5. The van der Waals surface area contributed by atoms with Crippen molar-refractivity contribution in [3.8, 4) is 5.75 Å². The van der Waals surface area contributed by atoms with Gasteiger partial charge in [-0.2, -0.15) is 5.10 Å². The highest BCUT2D eigenvalue weighted by Crippen LogP contribution is 2.23. The number of nitrogens with zero attached hydrogens (tertiary/aromatic N) is 2. The number of halogens is 1. The minimum Gasteiger partial charge on any atom is -0.488 e. The lowest BCUT2D eigenvalue weighted by Crippen LogP contribution is -2.20. The summed E-state index contributed by atoms with van der Waals surface area (Å²) in [4.78, 5) is 22.6. The molecule has 0 fully saturated rings. The first-order valence-corrected chi connectivity index (χ1v) is 10.5. The molecule has 0 saturated carbocycles. The Morgan fingerprint density at radius 2 is 1.97 bits per heavy atom. The molecular weight excluding hydrogens is 509 g/mol. The number of aryl methyl sites for hydroxylation is 1. The molecule has 0 radical (unpaired) electrons. The van der Waals surface area contributed by atoms with Gasteiger partial charge in [-0.25, -0.2) is 5.43 Å². The molecule has 0 atom stereocenters. The second-order valence-corrected chi connectivity index (χ2v) is 7.99. The van der Waals surface area contributed by atoms with Crippen LogP contribution in [0.4, 0.5) is 5.69 Å². The number of benzene rings is 3. The third-order valence-electron chi connectivity index (χ3n) is 4.37. The minimum absolute atomic E-state index is 0.0857. The Hall–Kier alpha value is -3.27. The van der Waals surface area contributed by atoms with E-state index in [0.29, 0.717) is 12.2 Å². The Morgan fingerprint density at radius 1 is 1.16 bits per heavy atom. The van der Waals surface area contributed by atoms with Gasteiger partial charge in [0.25, 0.3) is 5.69 Å². The summed E-state index contributed by atoms with van der Waals surface area (Å²) in [6.45, 7) is 2.52. The molecule has 0 saturated heterocycles. The Bertz CT molecular complexity index is 1130. The van der Waals surface area contributed by atoms with Crippen LogP contribution in [0.25, 0.3) is 0 Å². The number of carbonyl (C=O) groups excluding carboxylic acids is 1. The predicted octanol–water partition coefficient (Wildman–Crippen LogP) is 4.78. The molecule has 8 heteroatoms. The molecule has 1 N–H and O–H groups in total. The highest BCUT2D eigenvalue weighted by atomic mass is 127. The highest BCUT2D eigenvalue weighted by molar-refractivity contribution is 14.1. The van der Waals surface area contributed by atoms with Gasteiger partial charge in [0.2, 0.25) is 5.91 Å².